The van der Waals surface area contributed by atoms with E-state index in [1.54, 1.807) is 49.6 Å². The van der Waals surface area contributed by atoms with E-state index in [4.69, 9.17) is 160 Å². The molecular formula is C62H48Dy2Fe2N20O8-8. The van der Waals surface area contributed by atoms with E-state index in [2.05, 4.69) is 140 Å². The molecule has 94 heavy (non-hydrogen) atoms. The third-order valence-corrected chi connectivity index (χ3v) is 9.38. The van der Waals surface area contributed by atoms with Gasteiger partial charge in [0.15, 0.2) is 0 Å². The maximum absolute atomic E-state index is 7.61. The summed E-state index contributed by atoms with van der Waals surface area (Å²) in [6, 6.07) is 16.6. The molecule has 0 saturated heterocycles. The summed E-state index contributed by atoms with van der Waals surface area (Å²) in [4.78, 5) is 14.5. The zero-order valence-corrected chi connectivity index (χ0v) is 54.8. The average molecular weight is 1640 g/mol. The molecule has 0 radical (unpaired) electrons. The Hall–Kier alpha value is -10.4. The topological polar surface area (TPSA) is 573 Å². The Kier molecular flexibility index (Phi) is 93.2. The number of hydrogen-bond donors (Lipinski definition) is 4. The maximum Gasteiger partial charge on any atom is 6.00 e. The van der Waals surface area contributed by atoms with Gasteiger partial charge in [0.25, 0.3) is 0 Å². The molecule has 28 nitrogen and oxygen atoms in total. The Labute approximate surface area is 626 Å². The molecule has 8 aliphatic heterocycles. The fraction of sp³-hybridized carbons (Fsp3) is 0.0645. The summed E-state index contributed by atoms with van der Waals surface area (Å²) in [6.45, 7) is 50.1. The summed E-state index contributed by atoms with van der Waals surface area (Å²) in [5.74, 6) is 0. The van der Waals surface area contributed by atoms with Crippen molar-refractivity contribution in [3.63, 3.8) is 0 Å². The first-order chi connectivity index (χ1) is 43.3. The Balaban J connectivity index is -0.0000000818. The molecule has 0 bridgehead atoms. The van der Waals surface area contributed by atoms with Crippen LogP contribution in [0.15, 0.2) is 147 Å². The van der Waals surface area contributed by atoms with E-state index in [-0.39, 0.29) is 121 Å². The van der Waals surface area contributed by atoms with Gasteiger partial charge >= 0.3 is 34.1 Å². The van der Waals surface area contributed by atoms with E-state index >= 15 is 0 Å². The van der Waals surface area contributed by atoms with Gasteiger partial charge in [0.2, 0.25) is 0 Å². The van der Waals surface area contributed by atoms with Crippen LogP contribution in [0.1, 0.15) is 13.8 Å². The maximum atomic E-state index is 7.61. The first-order valence-corrected chi connectivity index (χ1v) is 22.9. The molecule has 0 amide bonds. The minimum atomic E-state index is -1.17. The number of nitrogens with zero attached hydrogens (tertiary/aromatic N) is 20. The molecule has 0 aromatic heterocycles. The van der Waals surface area contributed by atoms with Crippen LogP contribution in [-0.4, -0.2) is 44.0 Å². The zero-order chi connectivity index (χ0) is 68.7. The summed E-state index contributed by atoms with van der Waals surface area (Å²) in [5.41, 5.74) is 19.3. The van der Waals surface area contributed by atoms with Crippen LogP contribution in [0.3, 0.4) is 0 Å². The van der Waals surface area contributed by atoms with E-state index < -0.39 is 12.6 Å². The van der Waals surface area contributed by atoms with Crippen LogP contribution < -0.4 is 41.7 Å². The number of allylic oxidation sites excluding steroid dienone is 8. The van der Waals surface area contributed by atoms with Crippen molar-refractivity contribution in [3.05, 3.63) is 318 Å². The van der Waals surface area contributed by atoms with Crippen LogP contribution in [0.2, 0.25) is 0 Å². The van der Waals surface area contributed by atoms with Gasteiger partial charge in [0, 0.05) is 76.3 Å². The van der Waals surface area contributed by atoms with Gasteiger partial charge in [0.1, 0.15) is 12.6 Å². The van der Waals surface area contributed by atoms with Gasteiger partial charge < -0.3 is 213 Å². The molecule has 0 atom stereocenters. The van der Waals surface area contributed by atoms with E-state index in [1.165, 1.54) is 13.8 Å². The van der Waals surface area contributed by atoms with Crippen LogP contribution >= 0.6 is 0 Å². The third kappa shape index (κ3) is 41.1. The standard InChI is InChI=1S/4C12H8N2.2C2H6O2.10CN.2Dy.2Fe.2NO.2H2O/c4*1-3-9-5-6-10-4-2-8-14-12(10)11(9)13-7-1;2*1-2(3)4;10*1-2;;;;;2*1-2;;/h4*1-8H;2*2-4H,1H3;;;;;;;;;;;;;;;;;2*1H2/q4*-2;;;10*-1;;;2*+6;2*-1;;. The van der Waals surface area contributed by atoms with E-state index in [1.807, 2.05) is 48.6 Å². The van der Waals surface area contributed by atoms with Crippen molar-refractivity contribution in [3.8, 4) is 0 Å². The van der Waals surface area contributed by atoms with Crippen LogP contribution in [0.5, 0.6) is 0 Å². The number of hydrogen-bond acceptors (Lipinski definition) is 16. The molecule has 0 fully saturated rings. The number of nitroso groups, excluding NO2 is 2. The molecule has 0 aliphatic carbocycles. The monoisotopic (exact) mass is 1640 g/mol. The Morgan fingerprint density at radius 2 is 0.340 bits per heavy atom. The molecule has 8 heterocycles. The van der Waals surface area contributed by atoms with Crippen molar-refractivity contribution >= 4 is 94.1 Å². The van der Waals surface area contributed by atoms with Crippen molar-refractivity contribution in [2.45, 2.75) is 26.4 Å². The van der Waals surface area contributed by atoms with Crippen molar-refractivity contribution in [2.24, 2.45) is 0 Å². The SMILES string of the molecule is C1=C[N-]c2c3c(ccc2=C1)=CC=C[N-]3.C1=C[N-]c2c3c(ccc2=C1)=CC=C[N-]3.C1=C[N-]c2c3c(ccc2=C1)=CC=C[N-]3.C1=C[N-]c2c3c(ccc2=C1)=CC=C[N-]3.CC(O)O.CC(O)O.O.O.[C-]#N.[C-]#N.[C-]#N.[C-]#N.[C-]#N.[C-]#N.[C-]#N.[C-]#N.[C-]#N.[C-]#N.[Dy].[Dy].[Fe+6].[Fe+6].[N-]=O.[N-]=O. The average Bonchev–Trinajstić information content (AvgIpc) is 0.844. The predicted octanol–water partition coefficient (Wildman–Crippen LogP) is 7.84. The molecule has 8 N–H and O–H groups in total. The predicted molar refractivity (Wildman–Crippen MR) is 334 cm³/mol. The fourth-order valence-corrected chi connectivity index (χ4v) is 6.72. The van der Waals surface area contributed by atoms with Crippen LogP contribution in [0.4, 0.5) is 45.5 Å². The zero-order valence-electron chi connectivity index (χ0n) is 48.5. The molecular weight excluding hydrogens is 1590 g/mol. The number of aliphatic hydroxyl groups is 4. The van der Waals surface area contributed by atoms with Gasteiger partial charge in [-0.25, -0.2) is 0 Å². The van der Waals surface area contributed by atoms with Gasteiger partial charge in [0.05, 0.1) is 0 Å². The molecule has 0 saturated carbocycles. The summed E-state index contributed by atoms with van der Waals surface area (Å²) < 4.78 is 0. The molecule has 4 aromatic carbocycles. The molecule has 0 spiro atoms. The molecule has 0 unspecified atom stereocenters. The number of aliphatic hydroxyl groups excluding tert-OH is 2. The number of benzene rings is 4. The van der Waals surface area contributed by atoms with Crippen LogP contribution in [0.25, 0.3) is 102 Å². The van der Waals surface area contributed by atoms with E-state index in [0.29, 0.717) is 0 Å². The number of fused-ring (bicyclic) bond motifs is 12. The Morgan fingerprint density at radius 1 is 0.266 bits per heavy atom. The minimum Gasteiger partial charge on any atom is -0.665 e. The second-order valence-corrected chi connectivity index (χ2v) is 14.1. The van der Waals surface area contributed by atoms with Crippen molar-refractivity contribution < 1.29 is 142 Å². The second-order valence-electron chi connectivity index (χ2n) is 14.1. The van der Waals surface area contributed by atoms with Gasteiger partial charge in [-0.2, -0.15) is 49.6 Å². The molecule has 8 aliphatic rings. The first-order valence-electron chi connectivity index (χ1n) is 22.9. The fourth-order valence-electron chi connectivity index (χ4n) is 6.72. The third-order valence-electron chi connectivity index (χ3n) is 9.38. The van der Waals surface area contributed by atoms with Crippen LogP contribution in [0, 0.1) is 205 Å². The van der Waals surface area contributed by atoms with Gasteiger partial charge in [-0.1, -0.05) is 146 Å². The summed E-state index contributed by atoms with van der Waals surface area (Å²) >= 11 is 0. The summed E-state index contributed by atoms with van der Waals surface area (Å²) in [7, 11) is 0. The number of rotatable bonds is 0. The molecule has 488 valence electrons. The summed E-state index contributed by atoms with van der Waals surface area (Å²) in [6.07, 6.45) is 44.0. The Bertz CT molecular complexity index is 3050. The minimum absolute atomic E-state index is 0. The van der Waals surface area contributed by atoms with E-state index in [9.17, 15) is 0 Å². The van der Waals surface area contributed by atoms with Gasteiger partial charge in [-0.05, 0) is 55.6 Å². The second kappa shape index (κ2) is 78.7. The summed E-state index contributed by atoms with van der Waals surface area (Å²) in [5, 5.41) is 137. The van der Waals surface area contributed by atoms with Crippen molar-refractivity contribution in [1.82, 2.24) is 0 Å². The normalized spacial score (nSPS) is 10.3. The smallest absolute Gasteiger partial charge is 0.665 e. The molecule has 4 aromatic rings. The van der Waals surface area contributed by atoms with Crippen molar-refractivity contribution in [2.75, 3.05) is 0 Å². The molecule has 32 heteroatoms. The van der Waals surface area contributed by atoms with Crippen molar-refractivity contribution in [1.29, 1.82) is 52.6 Å². The van der Waals surface area contributed by atoms with Gasteiger partial charge in [-0.15, -0.1) is 45.5 Å². The van der Waals surface area contributed by atoms with Crippen LogP contribution in [-0.2, 0) is 34.1 Å². The van der Waals surface area contributed by atoms with Gasteiger partial charge in [-0.3, -0.25) is 0 Å². The molecule has 12 rings (SSSR count). The first kappa shape index (κ1) is 111. The quantitative estimate of drug-likeness (QED) is 0.0739. The largest absolute Gasteiger partial charge is 6.00 e. The van der Waals surface area contributed by atoms with E-state index in [0.717, 1.165) is 87.2 Å². The Morgan fingerprint density at radius 3 is 0.415 bits per heavy atom.